The SMILES string of the molecule is Cc1ccc2c(c1)[C@H]1O[C@@H]2[C@@H]2c3ccccc3-c3ccccc3[C@@H]21. The Morgan fingerprint density at radius 3 is 1.88 bits per heavy atom. The lowest BCUT2D eigenvalue weighted by Gasteiger charge is -2.37. The van der Waals surface area contributed by atoms with Gasteiger partial charge in [0.1, 0.15) is 0 Å². The van der Waals surface area contributed by atoms with Crippen molar-refractivity contribution in [1.29, 1.82) is 0 Å². The van der Waals surface area contributed by atoms with Crippen molar-refractivity contribution in [3.8, 4) is 11.1 Å². The summed E-state index contributed by atoms with van der Waals surface area (Å²) in [5, 5.41) is 0. The molecule has 2 aliphatic heterocycles. The molecule has 0 saturated carbocycles. The van der Waals surface area contributed by atoms with Crippen LogP contribution in [0.1, 0.15) is 51.9 Å². The van der Waals surface area contributed by atoms with Crippen molar-refractivity contribution in [1.82, 2.24) is 0 Å². The average Bonchev–Trinajstić information content (AvgIpc) is 3.19. The Labute approximate surface area is 141 Å². The Balaban J connectivity index is 1.66. The summed E-state index contributed by atoms with van der Waals surface area (Å²) in [7, 11) is 0. The molecule has 0 N–H and O–H groups in total. The molecule has 1 fully saturated rings. The molecule has 2 heterocycles. The minimum absolute atomic E-state index is 0.199. The first-order valence-electron chi connectivity index (χ1n) is 8.77. The monoisotopic (exact) mass is 310 g/mol. The lowest BCUT2D eigenvalue weighted by molar-refractivity contribution is 0.0644. The molecule has 1 nitrogen and oxygen atoms in total. The Bertz CT molecular complexity index is 987. The standard InChI is InChI=1S/C23H18O/c1-13-10-11-18-19(12-13)23-21-17-9-5-3-7-15(17)14-6-2-4-8-16(14)20(21)22(18)24-23/h2-12,20-23H,1H3/t20-,21+,22+,23-/m1/s1. The molecular weight excluding hydrogens is 292 g/mol. The summed E-state index contributed by atoms with van der Waals surface area (Å²) in [6.45, 7) is 2.17. The third-order valence-corrected chi connectivity index (χ3v) is 6.12. The van der Waals surface area contributed by atoms with E-state index in [0.717, 1.165) is 0 Å². The van der Waals surface area contributed by atoms with Gasteiger partial charge in [-0.05, 0) is 40.3 Å². The zero-order valence-corrected chi connectivity index (χ0v) is 13.6. The van der Waals surface area contributed by atoms with E-state index in [1.165, 1.54) is 38.9 Å². The summed E-state index contributed by atoms with van der Waals surface area (Å²) in [6, 6.07) is 24.7. The summed E-state index contributed by atoms with van der Waals surface area (Å²) in [6.07, 6.45) is 0.398. The fourth-order valence-electron chi connectivity index (χ4n) is 5.22. The molecule has 0 aromatic heterocycles. The van der Waals surface area contributed by atoms with Gasteiger partial charge in [-0.1, -0.05) is 72.3 Å². The third kappa shape index (κ3) is 1.44. The molecule has 4 atom stereocenters. The van der Waals surface area contributed by atoms with Crippen LogP contribution in [0, 0.1) is 6.92 Å². The van der Waals surface area contributed by atoms with Gasteiger partial charge in [0.05, 0.1) is 12.2 Å². The zero-order chi connectivity index (χ0) is 15.8. The predicted octanol–water partition coefficient (Wildman–Crippen LogP) is 5.67. The van der Waals surface area contributed by atoms with Crippen molar-refractivity contribution < 1.29 is 4.74 Å². The van der Waals surface area contributed by atoms with Gasteiger partial charge >= 0.3 is 0 Å². The summed E-state index contributed by atoms with van der Waals surface area (Å²) >= 11 is 0. The van der Waals surface area contributed by atoms with Crippen molar-refractivity contribution in [2.24, 2.45) is 0 Å². The number of benzene rings is 3. The summed E-state index contributed by atoms with van der Waals surface area (Å²) in [5.74, 6) is 0.881. The molecule has 24 heavy (non-hydrogen) atoms. The zero-order valence-electron chi connectivity index (χ0n) is 13.6. The van der Waals surface area contributed by atoms with Gasteiger partial charge < -0.3 is 4.74 Å². The normalized spacial score (nSPS) is 28.0. The van der Waals surface area contributed by atoms with Gasteiger partial charge in [-0.15, -0.1) is 0 Å². The second-order valence-electron chi connectivity index (χ2n) is 7.34. The second kappa shape index (κ2) is 4.37. The average molecular weight is 310 g/mol. The first kappa shape index (κ1) is 13.0. The van der Waals surface area contributed by atoms with Crippen LogP contribution in [0.5, 0.6) is 0 Å². The Morgan fingerprint density at radius 2 is 1.21 bits per heavy atom. The minimum Gasteiger partial charge on any atom is -0.364 e. The van der Waals surface area contributed by atoms with Gasteiger partial charge in [-0.2, -0.15) is 0 Å². The van der Waals surface area contributed by atoms with E-state index in [0.29, 0.717) is 11.8 Å². The molecule has 1 heteroatoms. The number of rotatable bonds is 0. The van der Waals surface area contributed by atoms with Crippen LogP contribution in [0.3, 0.4) is 0 Å². The number of ether oxygens (including phenoxy) is 1. The molecule has 1 saturated heterocycles. The van der Waals surface area contributed by atoms with E-state index in [1.807, 2.05) is 0 Å². The van der Waals surface area contributed by atoms with Crippen LogP contribution in [0.25, 0.3) is 11.1 Å². The van der Waals surface area contributed by atoms with Crippen LogP contribution in [0.2, 0.25) is 0 Å². The highest BCUT2D eigenvalue weighted by atomic mass is 16.5. The van der Waals surface area contributed by atoms with E-state index in [4.69, 9.17) is 4.74 Å². The third-order valence-electron chi connectivity index (χ3n) is 6.12. The van der Waals surface area contributed by atoms with Gasteiger partial charge in [0, 0.05) is 11.8 Å². The van der Waals surface area contributed by atoms with E-state index >= 15 is 0 Å². The van der Waals surface area contributed by atoms with Crippen LogP contribution >= 0.6 is 0 Å². The fraction of sp³-hybridized carbons (Fsp3) is 0.217. The molecule has 1 aliphatic carbocycles. The van der Waals surface area contributed by atoms with E-state index < -0.39 is 0 Å². The van der Waals surface area contributed by atoms with Crippen molar-refractivity contribution in [3.05, 3.63) is 94.5 Å². The lowest BCUT2D eigenvalue weighted by atomic mass is 9.64. The van der Waals surface area contributed by atoms with Gasteiger partial charge in [-0.25, -0.2) is 0 Å². The maximum Gasteiger partial charge on any atom is 0.0913 e. The predicted molar refractivity (Wildman–Crippen MR) is 95.1 cm³/mol. The highest BCUT2D eigenvalue weighted by Gasteiger charge is 2.55. The van der Waals surface area contributed by atoms with Crippen molar-refractivity contribution in [2.75, 3.05) is 0 Å². The Morgan fingerprint density at radius 1 is 0.625 bits per heavy atom. The number of fused-ring (bicyclic) bond motifs is 13. The van der Waals surface area contributed by atoms with Gasteiger partial charge in [0.2, 0.25) is 0 Å². The van der Waals surface area contributed by atoms with Crippen LogP contribution in [0.4, 0.5) is 0 Å². The first-order chi connectivity index (χ1) is 11.8. The second-order valence-corrected chi connectivity index (χ2v) is 7.34. The smallest absolute Gasteiger partial charge is 0.0913 e. The van der Waals surface area contributed by atoms with Crippen molar-refractivity contribution in [2.45, 2.75) is 31.0 Å². The molecule has 3 aromatic carbocycles. The number of hydrogen-bond donors (Lipinski definition) is 0. The molecular formula is C23H18O. The maximum absolute atomic E-state index is 6.56. The van der Waals surface area contributed by atoms with Crippen molar-refractivity contribution >= 4 is 0 Å². The molecule has 0 radical (unpaired) electrons. The summed E-state index contributed by atoms with van der Waals surface area (Å²) < 4.78 is 6.56. The van der Waals surface area contributed by atoms with Crippen LogP contribution in [-0.2, 0) is 4.74 Å². The summed E-state index contributed by atoms with van der Waals surface area (Å²) in [4.78, 5) is 0. The van der Waals surface area contributed by atoms with E-state index in [1.54, 1.807) is 0 Å². The van der Waals surface area contributed by atoms with Gasteiger partial charge in [0.15, 0.2) is 0 Å². The Kier molecular flexibility index (Phi) is 2.36. The van der Waals surface area contributed by atoms with Gasteiger partial charge in [0.25, 0.3) is 0 Å². The quantitative estimate of drug-likeness (QED) is 0.520. The molecule has 0 amide bonds. The lowest BCUT2D eigenvalue weighted by Crippen LogP contribution is -2.23. The highest BCUT2D eigenvalue weighted by molar-refractivity contribution is 5.76. The largest absolute Gasteiger partial charge is 0.364 e. The van der Waals surface area contributed by atoms with Crippen LogP contribution in [0.15, 0.2) is 66.7 Å². The maximum atomic E-state index is 6.56. The van der Waals surface area contributed by atoms with E-state index in [2.05, 4.69) is 73.7 Å². The molecule has 0 unspecified atom stereocenters. The highest BCUT2D eigenvalue weighted by Crippen LogP contribution is 2.68. The van der Waals surface area contributed by atoms with Gasteiger partial charge in [-0.3, -0.25) is 0 Å². The molecule has 3 aliphatic rings. The molecule has 116 valence electrons. The van der Waals surface area contributed by atoms with E-state index in [-0.39, 0.29) is 12.2 Å². The van der Waals surface area contributed by atoms with Crippen LogP contribution in [-0.4, -0.2) is 0 Å². The van der Waals surface area contributed by atoms with Crippen LogP contribution < -0.4 is 0 Å². The topological polar surface area (TPSA) is 9.23 Å². The van der Waals surface area contributed by atoms with Crippen molar-refractivity contribution in [3.63, 3.8) is 0 Å². The summed E-state index contributed by atoms with van der Waals surface area (Å²) in [5.41, 5.74) is 9.84. The minimum atomic E-state index is 0.199. The van der Waals surface area contributed by atoms with E-state index in [9.17, 15) is 0 Å². The Hall–Kier alpha value is -2.38. The molecule has 2 bridgehead atoms. The number of hydrogen-bond acceptors (Lipinski definition) is 1. The molecule has 6 rings (SSSR count). The fourth-order valence-corrected chi connectivity index (χ4v) is 5.22. The first-order valence-corrected chi connectivity index (χ1v) is 8.77. The number of aryl methyl sites for hydroxylation is 1. The molecule has 0 spiro atoms. The molecule has 3 aromatic rings.